The van der Waals surface area contributed by atoms with Crippen LogP contribution in [0.5, 0.6) is 0 Å². The maximum absolute atomic E-state index is 13.0. The second-order valence-electron chi connectivity index (χ2n) is 4.85. The molecule has 1 heterocycles. The van der Waals surface area contributed by atoms with Crippen molar-refractivity contribution in [3.63, 3.8) is 0 Å². The minimum absolute atomic E-state index is 0.381. The van der Waals surface area contributed by atoms with Crippen molar-refractivity contribution in [2.75, 3.05) is 6.61 Å². The van der Waals surface area contributed by atoms with Gasteiger partial charge in [-0.05, 0) is 30.7 Å². The van der Waals surface area contributed by atoms with Crippen LogP contribution < -0.4 is 0 Å². The molecule has 7 heteroatoms. The van der Waals surface area contributed by atoms with Gasteiger partial charge in [-0.2, -0.15) is 5.26 Å². The van der Waals surface area contributed by atoms with Crippen molar-refractivity contribution >= 4 is 29.2 Å². The minimum Gasteiger partial charge on any atom is -0.454 e. The SMILES string of the molecule is Cc1csc([C@@H](C#N)C(=O)COC(=O)/C=C/c2cccc(F)c2)n1. The van der Waals surface area contributed by atoms with E-state index in [-0.39, 0.29) is 0 Å². The zero-order valence-corrected chi connectivity index (χ0v) is 13.5. The molecule has 0 N–H and O–H groups in total. The minimum atomic E-state index is -1.05. The highest BCUT2D eigenvalue weighted by Crippen LogP contribution is 2.20. The quantitative estimate of drug-likeness (QED) is 0.594. The van der Waals surface area contributed by atoms with Gasteiger partial charge in [0, 0.05) is 17.2 Å². The summed E-state index contributed by atoms with van der Waals surface area (Å²) >= 11 is 1.21. The van der Waals surface area contributed by atoms with E-state index < -0.39 is 30.1 Å². The Kier molecular flexibility index (Phi) is 5.93. The molecule has 0 aliphatic heterocycles. The van der Waals surface area contributed by atoms with E-state index in [1.54, 1.807) is 18.4 Å². The molecule has 0 radical (unpaired) electrons. The Morgan fingerprint density at radius 2 is 2.29 bits per heavy atom. The number of thiazole rings is 1. The van der Waals surface area contributed by atoms with Gasteiger partial charge in [-0.25, -0.2) is 14.2 Å². The fraction of sp³-hybridized carbons (Fsp3) is 0.176. The lowest BCUT2D eigenvalue weighted by atomic mass is 10.1. The van der Waals surface area contributed by atoms with Crippen LogP contribution in [0.3, 0.4) is 0 Å². The Morgan fingerprint density at radius 3 is 2.92 bits per heavy atom. The van der Waals surface area contributed by atoms with Crippen LogP contribution in [0.15, 0.2) is 35.7 Å². The highest BCUT2D eigenvalue weighted by molar-refractivity contribution is 7.09. The van der Waals surface area contributed by atoms with Crippen LogP contribution in [0.1, 0.15) is 22.2 Å². The number of benzene rings is 1. The van der Waals surface area contributed by atoms with E-state index in [0.29, 0.717) is 10.6 Å². The number of rotatable bonds is 6. The molecule has 0 unspecified atom stereocenters. The van der Waals surface area contributed by atoms with Crippen LogP contribution in [-0.4, -0.2) is 23.3 Å². The van der Waals surface area contributed by atoms with Crippen LogP contribution in [0.4, 0.5) is 4.39 Å². The predicted molar refractivity (Wildman–Crippen MR) is 86.6 cm³/mol. The van der Waals surface area contributed by atoms with Gasteiger partial charge in [0.05, 0.1) is 6.07 Å². The van der Waals surface area contributed by atoms with Crippen molar-refractivity contribution in [3.8, 4) is 6.07 Å². The Labute approximate surface area is 142 Å². The molecular formula is C17H13FN2O3S. The molecule has 0 aliphatic carbocycles. The van der Waals surface area contributed by atoms with Gasteiger partial charge in [-0.3, -0.25) is 4.79 Å². The number of aromatic nitrogens is 1. The summed E-state index contributed by atoms with van der Waals surface area (Å²) in [6.45, 7) is 1.24. The molecule has 0 fully saturated rings. The van der Waals surface area contributed by atoms with Crippen molar-refractivity contribution in [1.82, 2.24) is 4.98 Å². The number of aryl methyl sites for hydroxylation is 1. The Morgan fingerprint density at radius 1 is 1.50 bits per heavy atom. The first-order valence-electron chi connectivity index (χ1n) is 6.94. The second kappa shape index (κ2) is 8.13. The number of carbonyl (C=O) groups excluding carboxylic acids is 2. The molecule has 0 spiro atoms. The topological polar surface area (TPSA) is 80.0 Å². The third kappa shape index (κ3) is 4.83. The molecule has 0 saturated heterocycles. The standard InChI is InChI=1S/C17H13FN2O3S/c1-11-10-24-17(20-11)14(8-19)15(21)9-23-16(22)6-5-12-3-2-4-13(18)7-12/h2-7,10,14H,9H2,1H3/b6-5+/t14-/m0/s1. The summed E-state index contributed by atoms with van der Waals surface area (Å²) in [5, 5.41) is 11.2. The number of ether oxygens (including phenoxy) is 1. The van der Waals surface area contributed by atoms with Gasteiger partial charge >= 0.3 is 5.97 Å². The van der Waals surface area contributed by atoms with E-state index in [0.717, 1.165) is 11.8 Å². The summed E-state index contributed by atoms with van der Waals surface area (Å²) < 4.78 is 17.8. The van der Waals surface area contributed by atoms with Crippen LogP contribution in [0.25, 0.3) is 6.08 Å². The lowest BCUT2D eigenvalue weighted by Gasteiger charge is -2.05. The van der Waals surface area contributed by atoms with E-state index >= 15 is 0 Å². The molecule has 24 heavy (non-hydrogen) atoms. The highest BCUT2D eigenvalue weighted by Gasteiger charge is 2.24. The summed E-state index contributed by atoms with van der Waals surface area (Å²) in [7, 11) is 0. The van der Waals surface area contributed by atoms with E-state index in [2.05, 4.69) is 4.98 Å². The van der Waals surface area contributed by atoms with Gasteiger partial charge in [-0.1, -0.05) is 12.1 Å². The molecular weight excluding hydrogens is 331 g/mol. The molecule has 1 aromatic carbocycles. The van der Waals surface area contributed by atoms with Crippen molar-refractivity contribution in [2.24, 2.45) is 0 Å². The van der Waals surface area contributed by atoms with E-state index in [9.17, 15) is 14.0 Å². The van der Waals surface area contributed by atoms with Gasteiger partial charge in [0.1, 0.15) is 10.8 Å². The summed E-state index contributed by atoms with van der Waals surface area (Å²) in [5.74, 6) is -2.76. The number of carbonyl (C=O) groups is 2. The third-order valence-corrected chi connectivity index (χ3v) is 3.98. The van der Waals surface area contributed by atoms with E-state index in [1.165, 1.54) is 35.6 Å². The smallest absolute Gasteiger partial charge is 0.331 e. The van der Waals surface area contributed by atoms with Gasteiger partial charge in [-0.15, -0.1) is 11.3 Å². The number of hydrogen-bond acceptors (Lipinski definition) is 6. The second-order valence-corrected chi connectivity index (χ2v) is 5.74. The predicted octanol–water partition coefficient (Wildman–Crippen LogP) is 3.02. The molecule has 0 amide bonds. The fourth-order valence-electron chi connectivity index (χ4n) is 1.82. The number of nitriles is 1. The molecule has 0 bridgehead atoms. The monoisotopic (exact) mass is 344 g/mol. The summed E-state index contributed by atoms with van der Waals surface area (Å²) in [4.78, 5) is 27.7. The molecule has 122 valence electrons. The van der Waals surface area contributed by atoms with Crippen molar-refractivity contribution < 1.29 is 18.7 Å². The first-order valence-corrected chi connectivity index (χ1v) is 7.82. The summed E-state index contributed by atoms with van der Waals surface area (Å²) in [6, 6.07) is 7.54. The molecule has 1 aromatic heterocycles. The Balaban J connectivity index is 1.91. The van der Waals surface area contributed by atoms with Gasteiger partial charge < -0.3 is 4.74 Å². The fourth-order valence-corrected chi connectivity index (χ4v) is 2.68. The van der Waals surface area contributed by atoms with Crippen LogP contribution in [0.2, 0.25) is 0 Å². The molecule has 5 nitrogen and oxygen atoms in total. The van der Waals surface area contributed by atoms with Gasteiger partial charge in [0.2, 0.25) is 0 Å². The number of Topliss-reactive ketones (excluding diaryl/α,β-unsaturated/α-hetero) is 1. The molecule has 0 saturated carbocycles. The maximum Gasteiger partial charge on any atom is 0.331 e. The zero-order chi connectivity index (χ0) is 17.5. The van der Waals surface area contributed by atoms with Gasteiger partial charge in [0.25, 0.3) is 0 Å². The van der Waals surface area contributed by atoms with Gasteiger partial charge in [0.15, 0.2) is 18.3 Å². The summed E-state index contributed by atoms with van der Waals surface area (Å²) in [5.41, 5.74) is 1.21. The maximum atomic E-state index is 13.0. The van der Waals surface area contributed by atoms with E-state index in [1.807, 2.05) is 6.07 Å². The van der Waals surface area contributed by atoms with Crippen molar-refractivity contribution in [3.05, 3.63) is 57.8 Å². The summed E-state index contributed by atoms with van der Waals surface area (Å²) in [6.07, 6.45) is 2.47. The normalized spacial score (nSPS) is 11.9. The van der Waals surface area contributed by atoms with Crippen LogP contribution in [0, 0.1) is 24.1 Å². The molecule has 1 atom stereocenters. The highest BCUT2D eigenvalue weighted by atomic mass is 32.1. The number of esters is 1. The molecule has 0 aliphatic rings. The number of halogens is 1. The number of hydrogen-bond donors (Lipinski definition) is 0. The Bertz CT molecular complexity index is 823. The lowest BCUT2D eigenvalue weighted by molar-refractivity contribution is -0.143. The van der Waals surface area contributed by atoms with Crippen molar-refractivity contribution in [2.45, 2.75) is 12.8 Å². The van der Waals surface area contributed by atoms with E-state index in [4.69, 9.17) is 10.00 Å². The number of ketones is 1. The van der Waals surface area contributed by atoms with Crippen molar-refractivity contribution in [1.29, 1.82) is 5.26 Å². The zero-order valence-electron chi connectivity index (χ0n) is 12.7. The molecule has 2 rings (SSSR count). The van der Waals surface area contributed by atoms with Crippen LogP contribution >= 0.6 is 11.3 Å². The first-order chi connectivity index (χ1) is 11.5. The largest absolute Gasteiger partial charge is 0.454 e. The first kappa shape index (κ1) is 17.5. The lowest BCUT2D eigenvalue weighted by Crippen LogP contribution is -2.19. The number of nitrogens with zero attached hydrogens (tertiary/aromatic N) is 2. The van der Waals surface area contributed by atoms with Crippen LogP contribution in [-0.2, 0) is 14.3 Å². The Hall–Kier alpha value is -2.85. The third-order valence-electron chi connectivity index (χ3n) is 2.95. The average Bonchev–Trinajstić information content (AvgIpc) is 2.98. The average molecular weight is 344 g/mol. The molecule has 2 aromatic rings.